The highest BCUT2D eigenvalue weighted by molar-refractivity contribution is 7.47. The molecule has 0 rings (SSSR count). The molecule has 0 saturated carbocycles. The van der Waals surface area contributed by atoms with Crippen molar-refractivity contribution in [1.29, 1.82) is 0 Å². The fourth-order valence-electron chi connectivity index (χ4n) is 7.70. The summed E-state index contributed by atoms with van der Waals surface area (Å²) in [5.41, 5.74) is 0. The smallest absolute Gasteiger partial charge is 0.387 e. The van der Waals surface area contributed by atoms with E-state index in [1.807, 2.05) is 34.1 Å². The number of aliphatic hydroxyl groups is 1. The molecule has 3 unspecified atom stereocenters. The number of allylic oxidation sites excluding steroid dienone is 1. The highest BCUT2D eigenvalue weighted by atomic mass is 31.2. The Morgan fingerprint density at radius 3 is 1.22 bits per heavy atom. The largest absolute Gasteiger partial charge is 0.472 e. The number of likely N-dealkylation sites (N-methyl/N-ethyl adjacent to an activating group) is 1. The predicted octanol–water partition coefficient (Wildman–Crippen LogP) is 14.7. The molecule has 3 N–H and O–H groups in total. The average Bonchev–Trinajstić information content (AvgIpc) is 3.19. The van der Waals surface area contributed by atoms with Gasteiger partial charge in [-0.05, 0) is 12.8 Å². The van der Waals surface area contributed by atoms with Crippen molar-refractivity contribution in [2.24, 2.45) is 0 Å². The van der Waals surface area contributed by atoms with Gasteiger partial charge in [-0.3, -0.25) is 13.8 Å². The van der Waals surface area contributed by atoms with E-state index in [9.17, 15) is 19.4 Å². The predicted molar refractivity (Wildman–Crippen MR) is 254 cm³/mol. The molecule has 0 bridgehead atoms. The number of carbonyl (C=O) groups excluding carboxylic acids is 1. The lowest BCUT2D eigenvalue weighted by Gasteiger charge is -2.25. The maximum absolute atomic E-state index is 12.7. The highest BCUT2D eigenvalue weighted by Gasteiger charge is 2.27. The Labute approximate surface area is 367 Å². The molecule has 0 aromatic rings. The maximum Gasteiger partial charge on any atom is 0.472 e. The summed E-state index contributed by atoms with van der Waals surface area (Å²) in [6.07, 6.45) is 51.4. The van der Waals surface area contributed by atoms with Crippen molar-refractivity contribution in [3.63, 3.8) is 0 Å². The molecule has 352 valence electrons. The lowest BCUT2D eigenvalue weighted by atomic mass is 10.0. The first-order chi connectivity index (χ1) is 28.5. The first-order valence-corrected chi connectivity index (χ1v) is 27.1. The topological polar surface area (TPSA) is 105 Å². The molecule has 0 aliphatic heterocycles. The lowest BCUT2D eigenvalue weighted by molar-refractivity contribution is -0.870. The van der Waals surface area contributed by atoms with E-state index in [4.69, 9.17) is 9.05 Å². The summed E-state index contributed by atoms with van der Waals surface area (Å²) in [5, 5.41) is 13.5. The Balaban J connectivity index is 3.63. The molecule has 0 saturated heterocycles. The summed E-state index contributed by atoms with van der Waals surface area (Å²) in [5.74, 6) is -0.184. The second-order valence-corrected chi connectivity index (χ2v) is 20.4. The third-order valence-electron chi connectivity index (χ3n) is 11.7. The van der Waals surface area contributed by atoms with Crippen molar-refractivity contribution in [1.82, 2.24) is 5.32 Å². The number of carbonyl (C=O) groups is 1. The number of aliphatic hydroxyl groups excluding tert-OH is 1. The molecule has 0 aliphatic rings. The van der Waals surface area contributed by atoms with Crippen LogP contribution in [0, 0.1) is 0 Å². The second kappa shape index (κ2) is 42.5. The Kier molecular flexibility index (Phi) is 42.0. The summed E-state index contributed by atoms with van der Waals surface area (Å²) in [6.45, 7) is 4.62. The van der Waals surface area contributed by atoms with E-state index < -0.39 is 20.0 Å². The van der Waals surface area contributed by atoms with Crippen LogP contribution >= 0.6 is 7.82 Å². The van der Waals surface area contributed by atoms with Crippen molar-refractivity contribution in [2.45, 2.75) is 264 Å². The van der Waals surface area contributed by atoms with Gasteiger partial charge in [0.15, 0.2) is 0 Å². The molecule has 0 radical (unpaired) electrons. The maximum atomic E-state index is 12.7. The van der Waals surface area contributed by atoms with E-state index in [0.717, 1.165) is 32.1 Å². The van der Waals surface area contributed by atoms with Gasteiger partial charge in [-0.2, -0.15) is 0 Å². The number of unbranched alkanes of at least 4 members (excludes halogenated alkanes) is 34. The summed E-state index contributed by atoms with van der Waals surface area (Å²) >= 11 is 0. The molecule has 3 atom stereocenters. The van der Waals surface area contributed by atoms with Crippen LogP contribution in [0.5, 0.6) is 0 Å². The Bertz CT molecular complexity index is 974. The molecular weight excluding hydrogens is 756 g/mol. The Morgan fingerprint density at radius 1 is 0.559 bits per heavy atom. The van der Waals surface area contributed by atoms with Gasteiger partial charge >= 0.3 is 7.82 Å². The SMILES string of the molecule is CCC/C=C/C(O)C(COP(=O)(O)OCC[N+](C)(C)C)NC(=O)CCCCCCCCCCCCCCCCCCCCCCCCCCCCCCCCCCCC. The van der Waals surface area contributed by atoms with Crippen LogP contribution in [-0.2, 0) is 18.4 Å². The monoisotopic (exact) mass is 858 g/mol. The number of hydrogen-bond acceptors (Lipinski definition) is 5. The average molecular weight is 858 g/mol. The molecule has 0 spiro atoms. The Hall–Kier alpha value is -0.760. The van der Waals surface area contributed by atoms with E-state index in [1.54, 1.807) is 6.08 Å². The van der Waals surface area contributed by atoms with Crippen molar-refractivity contribution in [2.75, 3.05) is 40.9 Å². The molecule has 0 aliphatic carbocycles. The molecule has 1 amide bonds. The number of nitrogens with zero attached hydrogens (tertiary/aromatic N) is 1. The zero-order valence-corrected chi connectivity index (χ0v) is 40.9. The van der Waals surface area contributed by atoms with Crippen molar-refractivity contribution < 1.29 is 32.9 Å². The molecule has 9 heteroatoms. The van der Waals surface area contributed by atoms with Gasteiger partial charge in [-0.15, -0.1) is 0 Å². The molecule has 0 aromatic heterocycles. The van der Waals surface area contributed by atoms with Crippen LogP contribution in [0.4, 0.5) is 0 Å². The van der Waals surface area contributed by atoms with Crippen LogP contribution in [0.3, 0.4) is 0 Å². The fourth-order valence-corrected chi connectivity index (χ4v) is 8.43. The van der Waals surface area contributed by atoms with Crippen LogP contribution in [0.1, 0.15) is 251 Å². The van der Waals surface area contributed by atoms with Crippen LogP contribution < -0.4 is 5.32 Å². The van der Waals surface area contributed by atoms with E-state index in [0.29, 0.717) is 17.4 Å². The van der Waals surface area contributed by atoms with Gasteiger partial charge < -0.3 is 19.8 Å². The van der Waals surface area contributed by atoms with E-state index in [1.165, 1.54) is 199 Å². The number of phosphoric ester groups is 1. The standard InChI is InChI=1S/C50H101N2O6P/c1-6-8-10-11-12-13-14-15-16-17-18-19-20-21-22-23-24-25-26-27-28-29-30-31-32-33-34-35-36-37-38-39-40-42-44-50(54)51-48(49(53)43-41-9-7-2)47-58-59(55,56)57-46-45-52(3,4)5/h41,43,48-49,53H,6-40,42,44-47H2,1-5H3,(H-,51,54,55,56)/p+1/b43-41+. The summed E-state index contributed by atoms with van der Waals surface area (Å²) in [6, 6.07) is -0.837. The molecule has 8 nitrogen and oxygen atoms in total. The second-order valence-electron chi connectivity index (χ2n) is 18.9. The number of nitrogens with one attached hydrogen (secondary N) is 1. The minimum absolute atomic E-state index is 0.0625. The number of hydrogen-bond donors (Lipinski definition) is 3. The number of amides is 1. The van der Waals surface area contributed by atoms with Crippen LogP contribution in [0.15, 0.2) is 12.2 Å². The molecule has 0 heterocycles. The summed E-state index contributed by atoms with van der Waals surface area (Å²) < 4.78 is 23.3. The third-order valence-corrected chi connectivity index (χ3v) is 12.7. The van der Waals surface area contributed by atoms with Crippen LogP contribution in [-0.4, -0.2) is 73.4 Å². The normalized spacial score (nSPS) is 14.2. The van der Waals surface area contributed by atoms with Crippen molar-refractivity contribution in [3.8, 4) is 0 Å². The first-order valence-electron chi connectivity index (χ1n) is 25.6. The van der Waals surface area contributed by atoms with Gasteiger partial charge in [0.1, 0.15) is 13.2 Å². The van der Waals surface area contributed by atoms with Gasteiger partial charge in [0.25, 0.3) is 0 Å². The molecule has 59 heavy (non-hydrogen) atoms. The lowest BCUT2D eigenvalue weighted by Crippen LogP contribution is -2.45. The molecule has 0 aromatic carbocycles. The number of phosphoric acid groups is 1. The number of rotatable bonds is 47. The number of quaternary nitrogens is 1. The van der Waals surface area contributed by atoms with E-state index in [-0.39, 0.29) is 19.1 Å². The van der Waals surface area contributed by atoms with E-state index in [2.05, 4.69) is 12.2 Å². The zero-order valence-electron chi connectivity index (χ0n) is 40.0. The zero-order chi connectivity index (χ0) is 43.6. The minimum Gasteiger partial charge on any atom is -0.387 e. The van der Waals surface area contributed by atoms with Gasteiger partial charge in [0, 0.05) is 6.42 Å². The molecular formula is C50H102N2O6P+. The van der Waals surface area contributed by atoms with Gasteiger partial charge in [-0.25, -0.2) is 4.57 Å². The van der Waals surface area contributed by atoms with Gasteiger partial charge in [-0.1, -0.05) is 244 Å². The highest BCUT2D eigenvalue weighted by Crippen LogP contribution is 2.43. The van der Waals surface area contributed by atoms with Crippen molar-refractivity contribution >= 4 is 13.7 Å². The first kappa shape index (κ1) is 58.2. The van der Waals surface area contributed by atoms with Crippen molar-refractivity contribution in [3.05, 3.63) is 12.2 Å². The fraction of sp³-hybridized carbons (Fsp3) is 0.940. The summed E-state index contributed by atoms with van der Waals surface area (Å²) in [4.78, 5) is 22.8. The van der Waals surface area contributed by atoms with Crippen LogP contribution in [0.2, 0.25) is 0 Å². The minimum atomic E-state index is -4.31. The summed E-state index contributed by atoms with van der Waals surface area (Å²) in [7, 11) is 1.57. The Morgan fingerprint density at radius 2 is 0.898 bits per heavy atom. The quantitative estimate of drug-likeness (QED) is 0.0244. The van der Waals surface area contributed by atoms with Gasteiger partial charge in [0.05, 0.1) is 39.9 Å². The van der Waals surface area contributed by atoms with E-state index >= 15 is 0 Å². The molecule has 0 fully saturated rings. The van der Waals surface area contributed by atoms with Crippen LogP contribution in [0.25, 0.3) is 0 Å². The van der Waals surface area contributed by atoms with Gasteiger partial charge in [0.2, 0.25) is 5.91 Å². The third kappa shape index (κ3) is 45.1.